The van der Waals surface area contributed by atoms with Crippen LogP contribution in [0.2, 0.25) is 0 Å². The van der Waals surface area contributed by atoms with Crippen LogP contribution >= 0.6 is 0 Å². The lowest BCUT2D eigenvalue weighted by atomic mass is 9.80. The third kappa shape index (κ3) is 5.06. The van der Waals surface area contributed by atoms with Gasteiger partial charge in [0.1, 0.15) is 17.2 Å². The number of carbonyl (C=O) groups excluding carboxylic acids is 1. The van der Waals surface area contributed by atoms with E-state index in [-0.39, 0.29) is 29.5 Å². The van der Waals surface area contributed by atoms with Crippen LogP contribution < -0.4 is 15.5 Å². The van der Waals surface area contributed by atoms with Gasteiger partial charge in [0.25, 0.3) is 0 Å². The minimum Gasteiger partial charge on any atom is -0.380 e. The van der Waals surface area contributed by atoms with Crippen LogP contribution in [0.25, 0.3) is 0 Å². The number of benzene rings is 2. The molecule has 2 N–H and O–H groups in total. The highest BCUT2D eigenvalue weighted by Crippen LogP contribution is 2.42. The number of likely N-dealkylation sites (tertiary alicyclic amines) is 1. The van der Waals surface area contributed by atoms with Crippen molar-refractivity contribution in [2.24, 2.45) is 4.99 Å². The summed E-state index contributed by atoms with van der Waals surface area (Å²) in [5, 5.41) is 6.96. The summed E-state index contributed by atoms with van der Waals surface area (Å²) in [5.41, 5.74) is 4.13. The van der Waals surface area contributed by atoms with Gasteiger partial charge in [-0.2, -0.15) is 0 Å². The van der Waals surface area contributed by atoms with Gasteiger partial charge in [-0.15, -0.1) is 0 Å². The Hall–Kier alpha value is -2.93. The standard InChI is InChI=1S/C32H42FN5O/c1-22-20-32(17-18-37(22)21-24-10-7-9-23-15-16-31(2,3)36-28(23)24)29(34-26-12-5-4-6-13-26)35-30(39)38(32)27-14-8-11-25(33)19-27/h7-11,14,19,22,26,36H,4-6,12-13,15-18,20-21H2,1-3H3,(H,34,35,39)/t22-,32+/m0/s1. The molecule has 3 heterocycles. The Morgan fingerprint density at radius 2 is 1.87 bits per heavy atom. The van der Waals surface area contributed by atoms with E-state index in [9.17, 15) is 9.18 Å². The molecule has 0 unspecified atom stereocenters. The number of nitrogens with zero attached hydrogens (tertiary/aromatic N) is 3. The van der Waals surface area contributed by atoms with E-state index in [0.29, 0.717) is 5.69 Å². The minimum atomic E-state index is -0.589. The van der Waals surface area contributed by atoms with Gasteiger partial charge in [-0.25, -0.2) is 9.18 Å². The lowest BCUT2D eigenvalue weighted by Crippen LogP contribution is -2.59. The number of hydrogen-bond donors (Lipinski definition) is 2. The molecule has 1 aliphatic carbocycles. The first-order chi connectivity index (χ1) is 18.7. The predicted octanol–water partition coefficient (Wildman–Crippen LogP) is 6.65. The van der Waals surface area contributed by atoms with E-state index in [1.807, 2.05) is 6.07 Å². The number of carbonyl (C=O) groups is 1. The highest BCUT2D eigenvalue weighted by atomic mass is 19.1. The fourth-order valence-corrected chi connectivity index (χ4v) is 7.24. The molecule has 3 fully saturated rings. The summed E-state index contributed by atoms with van der Waals surface area (Å²) in [6, 6.07) is 13.4. The lowest BCUT2D eigenvalue weighted by molar-refractivity contribution is 0.123. The number of amides is 2. The average Bonchev–Trinajstić information content (AvgIpc) is 3.16. The van der Waals surface area contributed by atoms with Gasteiger partial charge in [-0.05, 0) is 88.6 Å². The first-order valence-corrected chi connectivity index (χ1v) is 14.8. The first kappa shape index (κ1) is 26.3. The fraction of sp³-hybridized carbons (Fsp3) is 0.562. The zero-order valence-corrected chi connectivity index (χ0v) is 23.6. The Morgan fingerprint density at radius 3 is 2.64 bits per heavy atom. The van der Waals surface area contributed by atoms with Crippen LogP contribution in [-0.2, 0) is 13.0 Å². The van der Waals surface area contributed by atoms with Crippen LogP contribution in [0.15, 0.2) is 47.5 Å². The van der Waals surface area contributed by atoms with Crippen LogP contribution in [0.1, 0.15) is 83.3 Å². The first-order valence-electron chi connectivity index (χ1n) is 14.8. The largest absolute Gasteiger partial charge is 0.380 e. The predicted molar refractivity (Wildman–Crippen MR) is 156 cm³/mol. The molecule has 0 radical (unpaired) electrons. The summed E-state index contributed by atoms with van der Waals surface area (Å²) in [7, 11) is 0. The molecule has 2 saturated heterocycles. The highest BCUT2D eigenvalue weighted by molar-refractivity contribution is 6.19. The maximum atomic E-state index is 14.3. The molecule has 39 heavy (non-hydrogen) atoms. The molecule has 2 aromatic rings. The van der Waals surface area contributed by atoms with Crippen molar-refractivity contribution in [1.82, 2.24) is 10.2 Å². The summed E-state index contributed by atoms with van der Waals surface area (Å²) >= 11 is 0. The summed E-state index contributed by atoms with van der Waals surface area (Å²) in [5.74, 6) is 0.457. The van der Waals surface area contributed by atoms with Gasteiger partial charge in [-0.1, -0.05) is 43.5 Å². The minimum absolute atomic E-state index is 0.0898. The molecule has 1 spiro atoms. The summed E-state index contributed by atoms with van der Waals surface area (Å²) < 4.78 is 14.3. The topological polar surface area (TPSA) is 60.0 Å². The molecule has 2 atom stereocenters. The van der Waals surface area contributed by atoms with Crippen molar-refractivity contribution in [3.63, 3.8) is 0 Å². The van der Waals surface area contributed by atoms with Crippen molar-refractivity contribution >= 4 is 23.2 Å². The fourth-order valence-electron chi connectivity index (χ4n) is 7.24. The van der Waals surface area contributed by atoms with Gasteiger partial charge in [0, 0.05) is 36.0 Å². The van der Waals surface area contributed by atoms with Crippen LogP contribution in [0.5, 0.6) is 0 Å². The number of nitrogens with one attached hydrogen (secondary N) is 2. The van der Waals surface area contributed by atoms with Crippen molar-refractivity contribution in [3.8, 4) is 0 Å². The van der Waals surface area contributed by atoms with Crippen LogP contribution in [-0.4, -0.2) is 46.5 Å². The molecular weight excluding hydrogens is 489 g/mol. The molecule has 208 valence electrons. The number of anilines is 2. The van der Waals surface area contributed by atoms with Gasteiger partial charge >= 0.3 is 6.03 Å². The summed E-state index contributed by atoms with van der Waals surface area (Å²) in [4.78, 5) is 23.0. The molecule has 7 heteroatoms. The molecule has 3 aliphatic heterocycles. The number of urea groups is 1. The smallest absolute Gasteiger partial charge is 0.328 e. The number of para-hydroxylation sites is 1. The second-order valence-corrected chi connectivity index (χ2v) is 12.8. The molecule has 2 aromatic carbocycles. The molecule has 4 aliphatic rings. The number of aryl methyl sites for hydroxylation is 1. The molecule has 0 bridgehead atoms. The van der Waals surface area contributed by atoms with Crippen LogP contribution in [0.3, 0.4) is 0 Å². The zero-order valence-electron chi connectivity index (χ0n) is 23.6. The van der Waals surface area contributed by atoms with Gasteiger partial charge in [0.15, 0.2) is 0 Å². The van der Waals surface area contributed by atoms with E-state index < -0.39 is 5.54 Å². The average molecular weight is 532 g/mol. The van der Waals surface area contributed by atoms with Crippen LogP contribution in [0.4, 0.5) is 20.6 Å². The van der Waals surface area contributed by atoms with Crippen molar-refractivity contribution < 1.29 is 9.18 Å². The van der Waals surface area contributed by atoms with E-state index in [1.54, 1.807) is 11.0 Å². The van der Waals surface area contributed by atoms with E-state index >= 15 is 0 Å². The van der Waals surface area contributed by atoms with E-state index in [4.69, 9.17) is 4.99 Å². The van der Waals surface area contributed by atoms with Gasteiger partial charge < -0.3 is 5.32 Å². The molecule has 1 saturated carbocycles. The highest BCUT2D eigenvalue weighted by Gasteiger charge is 2.54. The number of hydrogen-bond acceptors (Lipinski definition) is 4. The Labute approximate surface area is 232 Å². The van der Waals surface area contributed by atoms with E-state index in [0.717, 1.165) is 57.5 Å². The monoisotopic (exact) mass is 531 g/mol. The molecular formula is C32H42FN5O. The number of rotatable bonds is 4. The van der Waals surface area contributed by atoms with Gasteiger partial charge in [0.2, 0.25) is 0 Å². The van der Waals surface area contributed by atoms with Crippen molar-refractivity contribution in [2.75, 3.05) is 16.8 Å². The van der Waals surface area contributed by atoms with E-state index in [1.165, 1.54) is 48.2 Å². The van der Waals surface area contributed by atoms with E-state index in [2.05, 4.69) is 54.5 Å². The number of amidine groups is 1. The number of piperidine rings is 1. The molecule has 2 amide bonds. The molecule has 0 aromatic heterocycles. The molecule has 6 rings (SSSR count). The Morgan fingerprint density at radius 1 is 1.08 bits per heavy atom. The van der Waals surface area contributed by atoms with Crippen LogP contribution in [0, 0.1) is 5.82 Å². The third-order valence-corrected chi connectivity index (χ3v) is 9.41. The SMILES string of the molecule is C[C@H]1C[C@]2(CCN1Cc1cccc3c1NC(C)(C)CC3)C(=NC1CCCCC1)NC(=O)N2c1cccc(F)c1. The second-order valence-electron chi connectivity index (χ2n) is 12.8. The van der Waals surface area contributed by atoms with Crippen molar-refractivity contribution in [2.45, 2.75) is 108 Å². The van der Waals surface area contributed by atoms with Crippen molar-refractivity contribution in [1.29, 1.82) is 0 Å². The zero-order chi connectivity index (χ0) is 27.2. The Bertz CT molecular complexity index is 1270. The molecule has 6 nitrogen and oxygen atoms in total. The van der Waals surface area contributed by atoms with Gasteiger partial charge in [-0.3, -0.25) is 20.1 Å². The summed E-state index contributed by atoms with van der Waals surface area (Å²) in [6.45, 7) is 8.51. The maximum absolute atomic E-state index is 14.3. The summed E-state index contributed by atoms with van der Waals surface area (Å²) in [6.07, 6.45) is 9.51. The van der Waals surface area contributed by atoms with Crippen molar-refractivity contribution in [3.05, 3.63) is 59.4 Å². The maximum Gasteiger partial charge on any atom is 0.328 e. The number of aliphatic imine (C=N–C) groups is 1. The number of halogens is 1. The van der Waals surface area contributed by atoms with Gasteiger partial charge in [0.05, 0.1) is 6.04 Å². The normalized spacial score (nSPS) is 28.4. The third-order valence-electron chi connectivity index (χ3n) is 9.41. The Balaban J connectivity index is 1.30. The quantitative estimate of drug-likeness (QED) is 0.465. The second kappa shape index (κ2) is 10.2. The number of fused-ring (bicyclic) bond motifs is 1. The lowest BCUT2D eigenvalue weighted by Gasteiger charge is -2.47. The Kier molecular flexibility index (Phi) is 6.90.